The lowest BCUT2D eigenvalue weighted by molar-refractivity contribution is 0.0600. The fourth-order valence-electron chi connectivity index (χ4n) is 1.47. The van der Waals surface area contributed by atoms with E-state index in [0.29, 0.717) is 16.9 Å². The highest BCUT2D eigenvalue weighted by molar-refractivity contribution is 5.89. The highest BCUT2D eigenvalue weighted by atomic mass is 19.1. The van der Waals surface area contributed by atoms with Crippen LogP contribution in [-0.2, 0) is 4.74 Å². The third-order valence-electron chi connectivity index (χ3n) is 2.52. The molecule has 0 aliphatic carbocycles. The molecule has 0 fully saturated rings. The topological polar surface area (TPSA) is 48.4 Å². The maximum Gasteiger partial charge on any atom is 0.338 e. The lowest BCUT2D eigenvalue weighted by atomic mass is 10.2. The summed E-state index contributed by atoms with van der Waals surface area (Å²) in [6, 6.07) is 7.44. The molecular formula is C14H12FNO3. The van der Waals surface area contributed by atoms with Crippen molar-refractivity contribution in [2.45, 2.75) is 6.92 Å². The molecular weight excluding hydrogens is 249 g/mol. The van der Waals surface area contributed by atoms with Gasteiger partial charge in [-0.15, -0.1) is 0 Å². The van der Waals surface area contributed by atoms with Gasteiger partial charge in [0.1, 0.15) is 11.6 Å². The predicted octanol–water partition coefficient (Wildman–Crippen LogP) is 3.11. The van der Waals surface area contributed by atoms with Gasteiger partial charge in [-0.3, -0.25) is 0 Å². The van der Waals surface area contributed by atoms with Crippen LogP contribution in [0.1, 0.15) is 15.9 Å². The molecule has 1 aromatic carbocycles. The number of benzene rings is 1. The summed E-state index contributed by atoms with van der Waals surface area (Å²) >= 11 is 0. The molecule has 0 unspecified atom stereocenters. The average molecular weight is 261 g/mol. The van der Waals surface area contributed by atoms with Crippen LogP contribution in [0.4, 0.5) is 4.39 Å². The first-order chi connectivity index (χ1) is 9.10. The number of hydrogen-bond donors (Lipinski definition) is 0. The lowest BCUT2D eigenvalue weighted by Gasteiger charge is -2.06. The minimum Gasteiger partial charge on any atom is -0.465 e. The van der Waals surface area contributed by atoms with E-state index in [0.717, 1.165) is 0 Å². The Hall–Kier alpha value is -2.43. The molecule has 0 amide bonds. The van der Waals surface area contributed by atoms with E-state index in [1.807, 2.05) is 0 Å². The van der Waals surface area contributed by atoms with Gasteiger partial charge in [0.15, 0.2) is 0 Å². The van der Waals surface area contributed by atoms with Crippen LogP contribution in [0.5, 0.6) is 11.6 Å². The van der Waals surface area contributed by atoms with Gasteiger partial charge in [0.05, 0.1) is 12.7 Å². The van der Waals surface area contributed by atoms with Crippen molar-refractivity contribution < 1.29 is 18.7 Å². The summed E-state index contributed by atoms with van der Waals surface area (Å²) in [6.45, 7) is 1.66. The SMILES string of the molecule is COC(=O)c1ccnc(Oc2ccc(C)c(F)c2)c1. The van der Waals surface area contributed by atoms with Crippen LogP contribution in [0.15, 0.2) is 36.5 Å². The Morgan fingerprint density at radius 3 is 2.74 bits per heavy atom. The van der Waals surface area contributed by atoms with Crippen LogP contribution in [0, 0.1) is 12.7 Å². The van der Waals surface area contributed by atoms with Gasteiger partial charge < -0.3 is 9.47 Å². The molecule has 0 atom stereocenters. The Balaban J connectivity index is 2.23. The van der Waals surface area contributed by atoms with Crippen LogP contribution < -0.4 is 4.74 Å². The van der Waals surface area contributed by atoms with Crippen molar-refractivity contribution >= 4 is 5.97 Å². The predicted molar refractivity (Wildman–Crippen MR) is 66.8 cm³/mol. The molecule has 4 nitrogen and oxygen atoms in total. The van der Waals surface area contributed by atoms with E-state index in [1.165, 1.54) is 31.5 Å². The maximum atomic E-state index is 13.4. The Bertz CT molecular complexity index is 613. The third kappa shape index (κ3) is 3.07. The fourth-order valence-corrected chi connectivity index (χ4v) is 1.47. The van der Waals surface area contributed by atoms with Crippen molar-refractivity contribution in [3.8, 4) is 11.6 Å². The number of esters is 1. The first-order valence-corrected chi connectivity index (χ1v) is 5.58. The van der Waals surface area contributed by atoms with E-state index in [-0.39, 0.29) is 11.7 Å². The second kappa shape index (κ2) is 5.48. The maximum absolute atomic E-state index is 13.4. The van der Waals surface area contributed by atoms with E-state index in [1.54, 1.807) is 19.1 Å². The van der Waals surface area contributed by atoms with Crippen LogP contribution in [-0.4, -0.2) is 18.1 Å². The minimum atomic E-state index is -0.484. The Kier molecular flexibility index (Phi) is 3.75. The molecule has 2 rings (SSSR count). The molecule has 0 saturated heterocycles. The van der Waals surface area contributed by atoms with E-state index in [2.05, 4.69) is 9.72 Å². The van der Waals surface area contributed by atoms with Crippen molar-refractivity contribution in [2.75, 3.05) is 7.11 Å². The van der Waals surface area contributed by atoms with Crippen LogP contribution >= 0.6 is 0 Å². The normalized spacial score (nSPS) is 10.1. The molecule has 0 bridgehead atoms. The third-order valence-corrected chi connectivity index (χ3v) is 2.52. The first-order valence-electron chi connectivity index (χ1n) is 5.58. The molecule has 98 valence electrons. The van der Waals surface area contributed by atoms with Crippen molar-refractivity contribution in [1.82, 2.24) is 4.98 Å². The molecule has 0 aliphatic rings. The average Bonchev–Trinajstić information content (AvgIpc) is 2.42. The monoisotopic (exact) mass is 261 g/mol. The molecule has 0 saturated carbocycles. The number of halogens is 1. The van der Waals surface area contributed by atoms with Gasteiger partial charge in [-0.2, -0.15) is 0 Å². The van der Waals surface area contributed by atoms with Gasteiger partial charge in [-0.05, 0) is 24.6 Å². The molecule has 5 heteroatoms. The molecule has 19 heavy (non-hydrogen) atoms. The molecule has 2 aromatic rings. The van der Waals surface area contributed by atoms with E-state index < -0.39 is 5.97 Å². The summed E-state index contributed by atoms with van der Waals surface area (Å²) in [5, 5.41) is 0. The number of ether oxygens (including phenoxy) is 2. The molecule has 0 spiro atoms. The number of pyridine rings is 1. The quantitative estimate of drug-likeness (QED) is 0.796. The number of aryl methyl sites for hydroxylation is 1. The summed E-state index contributed by atoms with van der Waals surface area (Å²) < 4.78 is 23.4. The smallest absolute Gasteiger partial charge is 0.338 e. The Labute approximate surface area is 109 Å². The number of aromatic nitrogens is 1. The van der Waals surface area contributed by atoms with Crippen LogP contribution in [0.3, 0.4) is 0 Å². The molecule has 1 heterocycles. The zero-order valence-corrected chi connectivity index (χ0v) is 10.5. The van der Waals surface area contributed by atoms with Crippen molar-refractivity contribution in [3.05, 3.63) is 53.5 Å². The highest BCUT2D eigenvalue weighted by Gasteiger charge is 2.08. The standard InChI is InChI=1S/C14H12FNO3/c1-9-3-4-11(8-12(9)15)19-13-7-10(5-6-16-13)14(17)18-2/h3-8H,1-2H3. The van der Waals surface area contributed by atoms with Gasteiger partial charge in [-0.1, -0.05) is 6.07 Å². The number of carbonyl (C=O) groups excluding carboxylic acids is 1. The van der Waals surface area contributed by atoms with Gasteiger partial charge in [0.25, 0.3) is 0 Å². The van der Waals surface area contributed by atoms with Crippen molar-refractivity contribution in [3.63, 3.8) is 0 Å². The zero-order valence-electron chi connectivity index (χ0n) is 10.5. The van der Waals surface area contributed by atoms with E-state index >= 15 is 0 Å². The first kappa shape index (κ1) is 13.0. The van der Waals surface area contributed by atoms with Gasteiger partial charge in [0.2, 0.25) is 5.88 Å². The number of hydrogen-bond acceptors (Lipinski definition) is 4. The number of rotatable bonds is 3. The van der Waals surface area contributed by atoms with Crippen molar-refractivity contribution in [2.24, 2.45) is 0 Å². The van der Waals surface area contributed by atoms with Gasteiger partial charge in [0, 0.05) is 18.3 Å². The summed E-state index contributed by atoms with van der Waals surface area (Å²) in [5.41, 5.74) is 0.851. The second-order valence-electron chi connectivity index (χ2n) is 3.89. The van der Waals surface area contributed by atoms with Crippen LogP contribution in [0.2, 0.25) is 0 Å². The lowest BCUT2D eigenvalue weighted by Crippen LogP contribution is -2.01. The van der Waals surface area contributed by atoms with Gasteiger partial charge >= 0.3 is 5.97 Å². The second-order valence-corrected chi connectivity index (χ2v) is 3.89. The Morgan fingerprint density at radius 2 is 2.05 bits per heavy atom. The van der Waals surface area contributed by atoms with E-state index in [9.17, 15) is 9.18 Å². The molecule has 0 radical (unpaired) electrons. The largest absolute Gasteiger partial charge is 0.465 e. The van der Waals surface area contributed by atoms with E-state index in [4.69, 9.17) is 4.74 Å². The zero-order chi connectivity index (χ0) is 13.8. The summed E-state index contributed by atoms with van der Waals surface area (Å²) in [7, 11) is 1.29. The van der Waals surface area contributed by atoms with Crippen LogP contribution in [0.25, 0.3) is 0 Å². The summed E-state index contributed by atoms with van der Waals surface area (Å²) in [6.07, 6.45) is 1.42. The fraction of sp³-hybridized carbons (Fsp3) is 0.143. The number of methoxy groups -OCH3 is 1. The van der Waals surface area contributed by atoms with Crippen molar-refractivity contribution in [1.29, 1.82) is 0 Å². The summed E-state index contributed by atoms with van der Waals surface area (Å²) in [4.78, 5) is 15.3. The van der Waals surface area contributed by atoms with Gasteiger partial charge in [-0.25, -0.2) is 14.2 Å². The number of nitrogens with zero attached hydrogens (tertiary/aromatic N) is 1. The molecule has 1 aromatic heterocycles. The summed E-state index contributed by atoms with van der Waals surface area (Å²) in [5.74, 6) is -0.326. The highest BCUT2D eigenvalue weighted by Crippen LogP contribution is 2.22. The minimum absolute atomic E-state index is 0.200. The molecule has 0 aliphatic heterocycles. The molecule has 0 N–H and O–H groups in total. The number of carbonyl (C=O) groups is 1. The Morgan fingerprint density at radius 1 is 1.26 bits per heavy atom.